The monoisotopic (exact) mass is 440 g/mol. The maximum absolute atomic E-state index is 14.4. The zero-order valence-electron chi connectivity index (χ0n) is 16.2. The summed E-state index contributed by atoms with van der Waals surface area (Å²) >= 11 is 0. The number of nitrogens with one attached hydrogen (secondary N) is 1. The first kappa shape index (κ1) is 22.6. The second-order valence-electron chi connectivity index (χ2n) is 7.00. The third-order valence-corrected chi connectivity index (χ3v) is 4.71. The van der Waals surface area contributed by atoms with Gasteiger partial charge in [-0.25, -0.2) is 14.2 Å². The number of carbonyl (C=O) groups is 1. The van der Waals surface area contributed by atoms with E-state index in [0.29, 0.717) is 23.8 Å². The highest BCUT2D eigenvalue weighted by molar-refractivity contribution is 5.89. The first-order valence-corrected chi connectivity index (χ1v) is 9.39. The van der Waals surface area contributed by atoms with Crippen LogP contribution in [0.25, 0.3) is 5.57 Å². The Bertz CT molecular complexity index is 964. The van der Waals surface area contributed by atoms with Gasteiger partial charge in [0.2, 0.25) is 0 Å². The minimum atomic E-state index is -4.51. The van der Waals surface area contributed by atoms with Gasteiger partial charge in [-0.3, -0.25) is 10.3 Å². The summed E-state index contributed by atoms with van der Waals surface area (Å²) in [6.45, 7) is -0.0211. The van der Waals surface area contributed by atoms with Crippen LogP contribution >= 0.6 is 0 Å². The lowest BCUT2D eigenvalue weighted by Crippen LogP contribution is -2.38. The number of aromatic nitrogens is 2. The van der Waals surface area contributed by atoms with E-state index < -0.39 is 36.3 Å². The van der Waals surface area contributed by atoms with Gasteiger partial charge >= 0.3 is 12.2 Å². The second kappa shape index (κ2) is 9.40. The Morgan fingerprint density at radius 3 is 2.58 bits per heavy atom. The summed E-state index contributed by atoms with van der Waals surface area (Å²) in [4.78, 5) is 21.4. The van der Waals surface area contributed by atoms with E-state index >= 15 is 0 Å². The Morgan fingerprint density at radius 1 is 1.26 bits per heavy atom. The smallest absolute Gasteiger partial charge is 0.394 e. The standard InChI is InChI=1S/C20H20F4N4O3/c21-16-8-12(7-15(30)11-29)9-26-18(16)13-3-5-28(6-4-13)19(31)27-17-2-1-14(10-25-17)20(22,23)24/h1-3,8-10,15,29-30H,4-7,11H2,(H,25,27,31). The van der Waals surface area contributed by atoms with Crippen LogP contribution in [0.5, 0.6) is 0 Å². The number of nitrogens with zero attached hydrogens (tertiary/aromatic N) is 3. The molecular formula is C20H20F4N4O3. The fourth-order valence-electron chi connectivity index (χ4n) is 3.05. The van der Waals surface area contributed by atoms with Crippen molar-refractivity contribution in [2.75, 3.05) is 25.0 Å². The summed E-state index contributed by atoms with van der Waals surface area (Å²) < 4.78 is 52.2. The highest BCUT2D eigenvalue weighted by Gasteiger charge is 2.30. The lowest BCUT2D eigenvalue weighted by Gasteiger charge is -2.26. The Balaban J connectivity index is 1.61. The molecule has 2 amide bonds. The summed E-state index contributed by atoms with van der Waals surface area (Å²) in [6.07, 6.45) is -1.38. The van der Waals surface area contributed by atoms with Crippen molar-refractivity contribution in [1.29, 1.82) is 0 Å². The van der Waals surface area contributed by atoms with Gasteiger partial charge in [0.15, 0.2) is 0 Å². The van der Waals surface area contributed by atoms with Crippen LogP contribution in [0.15, 0.2) is 36.7 Å². The highest BCUT2D eigenvalue weighted by atomic mass is 19.4. The summed E-state index contributed by atoms with van der Waals surface area (Å²) in [7, 11) is 0. The predicted molar refractivity (Wildman–Crippen MR) is 103 cm³/mol. The molecule has 2 aromatic rings. The van der Waals surface area contributed by atoms with E-state index in [1.54, 1.807) is 6.08 Å². The first-order chi connectivity index (χ1) is 14.7. The van der Waals surface area contributed by atoms with Crippen LogP contribution in [-0.2, 0) is 12.6 Å². The molecule has 7 nitrogen and oxygen atoms in total. The van der Waals surface area contributed by atoms with E-state index in [4.69, 9.17) is 5.11 Å². The van der Waals surface area contributed by atoms with Gasteiger partial charge in [-0.1, -0.05) is 6.08 Å². The molecule has 0 radical (unpaired) electrons. The molecule has 0 bridgehead atoms. The number of aliphatic hydroxyl groups excluding tert-OH is 2. The molecule has 1 unspecified atom stereocenters. The third kappa shape index (κ3) is 5.76. The highest BCUT2D eigenvalue weighted by Crippen LogP contribution is 2.29. The lowest BCUT2D eigenvalue weighted by atomic mass is 10.0. The number of hydrogen-bond donors (Lipinski definition) is 3. The molecule has 2 aromatic heterocycles. The fraction of sp³-hybridized carbons (Fsp3) is 0.350. The average Bonchev–Trinajstić information content (AvgIpc) is 2.73. The van der Waals surface area contributed by atoms with Gasteiger partial charge in [0.1, 0.15) is 17.3 Å². The van der Waals surface area contributed by atoms with Crippen molar-refractivity contribution in [3.05, 3.63) is 59.3 Å². The molecule has 0 aliphatic carbocycles. The maximum atomic E-state index is 14.4. The van der Waals surface area contributed by atoms with Crippen LogP contribution in [0.1, 0.15) is 23.2 Å². The predicted octanol–water partition coefficient (Wildman–Crippen LogP) is 2.85. The van der Waals surface area contributed by atoms with Gasteiger partial charge in [-0.2, -0.15) is 13.2 Å². The number of halogens is 4. The number of hydrogen-bond acceptors (Lipinski definition) is 5. The van der Waals surface area contributed by atoms with Crippen molar-refractivity contribution < 1.29 is 32.6 Å². The molecule has 1 aliphatic rings. The number of anilines is 1. The molecule has 1 atom stereocenters. The van der Waals surface area contributed by atoms with Crippen LogP contribution < -0.4 is 5.32 Å². The van der Waals surface area contributed by atoms with Crippen LogP contribution in [0, 0.1) is 5.82 Å². The van der Waals surface area contributed by atoms with E-state index in [0.717, 1.165) is 12.1 Å². The number of alkyl halides is 3. The topological polar surface area (TPSA) is 98.6 Å². The third-order valence-electron chi connectivity index (χ3n) is 4.71. The number of urea groups is 1. The molecule has 3 N–H and O–H groups in total. The van der Waals surface area contributed by atoms with Gasteiger partial charge in [-0.15, -0.1) is 0 Å². The zero-order chi connectivity index (χ0) is 22.6. The zero-order valence-corrected chi connectivity index (χ0v) is 16.2. The molecule has 31 heavy (non-hydrogen) atoms. The van der Waals surface area contributed by atoms with Crippen LogP contribution in [0.3, 0.4) is 0 Å². The van der Waals surface area contributed by atoms with Crippen LogP contribution in [0.4, 0.5) is 28.2 Å². The Kier molecular flexibility index (Phi) is 6.86. The summed E-state index contributed by atoms with van der Waals surface area (Å²) in [5.74, 6) is -0.582. The molecule has 0 saturated heterocycles. The Morgan fingerprint density at radius 2 is 2.03 bits per heavy atom. The Hall–Kier alpha value is -3.05. The first-order valence-electron chi connectivity index (χ1n) is 9.39. The number of carbonyl (C=O) groups excluding carboxylic acids is 1. The van der Waals surface area contributed by atoms with Gasteiger partial charge < -0.3 is 15.1 Å². The van der Waals surface area contributed by atoms with E-state index in [1.165, 1.54) is 17.2 Å². The summed E-state index contributed by atoms with van der Waals surface area (Å²) in [5.41, 5.74) is 0.293. The normalized spacial score (nSPS) is 15.4. The SMILES string of the molecule is O=C(Nc1ccc(C(F)(F)F)cn1)N1CC=C(c2ncc(CC(O)CO)cc2F)CC1. The summed E-state index contributed by atoms with van der Waals surface area (Å²) in [6, 6.07) is 2.61. The van der Waals surface area contributed by atoms with Crippen molar-refractivity contribution in [2.24, 2.45) is 0 Å². The average molecular weight is 440 g/mol. The van der Waals surface area contributed by atoms with Crippen LogP contribution in [0.2, 0.25) is 0 Å². The van der Waals surface area contributed by atoms with E-state index in [1.807, 2.05) is 0 Å². The van der Waals surface area contributed by atoms with E-state index in [2.05, 4.69) is 15.3 Å². The minimum absolute atomic E-state index is 0.0128. The molecule has 0 spiro atoms. The lowest BCUT2D eigenvalue weighted by molar-refractivity contribution is -0.137. The number of aliphatic hydroxyl groups is 2. The van der Waals surface area contributed by atoms with E-state index in [9.17, 15) is 27.5 Å². The van der Waals surface area contributed by atoms with Gasteiger partial charge in [0, 0.05) is 31.9 Å². The molecule has 0 fully saturated rings. The number of pyridine rings is 2. The molecule has 166 valence electrons. The Labute approximate surface area is 175 Å². The maximum Gasteiger partial charge on any atom is 0.417 e. The van der Waals surface area contributed by atoms with Gasteiger partial charge in [0.25, 0.3) is 0 Å². The molecule has 3 rings (SSSR count). The van der Waals surface area contributed by atoms with Crippen LogP contribution in [-0.4, -0.2) is 56.9 Å². The van der Waals surface area contributed by atoms with Crippen molar-refractivity contribution in [2.45, 2.75) is 25.1 Å². The molecule has 3 heterocycles. The van der Waals surface area contributed by atoms with E-state index in [-0.39, 0.29) is 31.0 Å². The largest absolute Gasteiger partial charge is 0.417 e. The summed E-state index contributed by atoms with van der Waals surface area (Å²) in [5, 5.41) is 20.8. The molecule has 11 heteroatoms. The quantitative estimate of drug-likeness (QED) is 0.621. The van der Waals surface area contributed by atoms with Gasteiger partial charge in [-0.05, 0) is 35.8 Å². The number of amides is 2. The number of rotatable bonds is 5. The van der Waals surface area contributed by atoms with Gasteiger partial charge in [0.05, 0.1) is 18.3 Å². The molecule has 0 aromatic carbocycles. The second-order valence-corrected chi connectivity index (χ2v) is 7.00. The minimum Gasteiger partial charge on any atom is -0.394 e. The molecular weight excluding hydrogens is 420 g/mol. The van der Waals surface area contributed by atoms with Crippen molar-refractivity contribution >= 4 is 17.4 Å². The fourth-order valence-corrected chi connectivity index (χ4v) is 3.05. The van der Waals surface area contributed by atoms with Crippen molar-refractivity contribution in [1.82, 2.24) is 14.9 Å². The van der Waals surface area contributed by atoms with Crippen molar-refractivity contribution in [3.63, 3.8) is 0 Å². The molecule has 0 saturated carbocycles. The molecule has 1 aliphatic heterocycles. The van der Waals surface area contributed by atoms with Crippen molar-refractivity contribution in [3.8, 4) is 0 Å².